The van der Waals surface area contributed by atoms with Gasteiger partial charge in [-0.15, -0.1) is 0 Å². The molecule has 0 saturated heterocycles. The van der Waals surface area contributed by atoms with E-state index < -0.39 is 4.92 Å². The lowest BCUT2D eigenvalue weighted by Crippen LogP contribution is -1.93. The van der Waals surface area contributed by atoms with Crippen LogP contribution in [0.1, 0.15) is 0 Å². The van der Waals surface area contributed by atoms with E-state index in [9.17, 15) is 10.1 Å². The summed E-state index contributed by atoms with van der Waals surface area (Å²) in [6.07, 6.45) is 0. The van der Waals surface area contributed by atoms with Crippen LogP contribution < -0.4 is 11.1 Å². The number of nitro groups is 1. The van der Waals surface area contributed by atoms with Crippen molar-refractivity contribution >= 4 is 27.3 Å². The number of anilines is 2. The summed E-state index contributed by atoms with van der Waals surface area (Å²) in [5.41, 5.74) is 5.26. The van der Waals surface area contributed by atoms with Gasteiger partial charge in [0.1, 0.15) is 0 Å². The highest BCUT2D eigenvalue weighted by molar-refractivity contribution is 7.19. The Bertz CT molecular complexity index is 284. The van der Waals surface area contributed by atoms with Crippen molar-refractivity contribution in [2.45, 2.75) is 0 Å². The second kappa shape index (κ2) is 2.70. The van der Waals surface area contributed by atoms with Crippen LogP contribution in [-0.2, 0) is 0 Å². The minimum absolute atomic E-state index is 0.0509. The molecule has 0 atom stereocenters. The van der Waals surface area contributed by atoms with Gasteiger partial charge in [0.2, 0.25) is 5.82 Å². The average Bonchev–Trinajstić information content (AvgIpc) is 2.30. The van der Waals surface area contributed by atoms with Crippen LogP contribution in [-0.4, -0.2) is 17.0 Å². The molecular weight excluding hydrogens is 168 g/mol. The lowest BCUT2D eigenvalue weighted by Gasteiger charge is -1.89. The molecule has 0 aliphatic heterocycles. The molecule has 0 aliphatic rings. The van der Waals surface area contributed by atoms with Crippen LogP contribution in [0.5, 0.6) is 0 Å². The molecule has 6 nitrogen and oxygen atoms in total. The van der Waals surface area contributed by atoms with E-state index in [1.54, 1.807) is 7.05 Å². The summed E-state index contributed by atoms with van der Waals surface area (Å²) in [5.74, 6) is 0.220. The van der Waals surface area contributed by atoms with Gasteiger partial charge in [-0.2, -0.15) is 4.98 Å². The normalized spacial score (nSPS) is 9.55. The van der Waals surface area contributed by atoms with E-state index in [-0.39, 0.29) is 16.0 Å². The second-order valence-corrected chi connectivity index (χ2v) is 2.72. The predicted octanol–water partition coefficient (Wildman–Crippen LogP) is 0.675. The first kappa shape index (κ1) is 7.73. The highest BCUT2D eigenvalue weighted by Crippen LogP contribution is 2.31. The van der Waals surface area contributed by atoms with Crippen molar-refractivity contribution in [2.24, 2.45) is 0 Å². The number of thiazole rings is 1. The molecule has 0 fully saturated rings. The lowest BCUT2D eigenvalue weighted by molar-refractivity contribution is -0.379. The maximum atomic E-state index is 10.3. The molecule has 0 unspecified atom stereocenters. The van der Waals surface area contributed by atoms with E-state index in [2.05, 4.69) is 10.3 Å². The SMILES string of the molecule is CNc1nc(N)sc1[N+](=O)[O-]. The number of aromatic nitrogens is 1. The van der Waals surface area contributed by atoms with Crippen LogP contribution in [0.2, 0.25) is 0 Å². The summed E-state index contributed by atoms with van der Waals surface area (Å²) >= 11 is 0.852. The van der Waals surface area contributed by atoms with Gasteiger partial charge in [-0.25, -0.2) is 0 Å². The maximum Gasteiger partial charge on any atom is 0.369 e. The third-order valence-electron chi connectivity index (χ3n) is 1.03. The van der Waals surface area contributed by atoms with Gasteiger partial charge in [-0.3, -0.25) is 10.1 Å². The zero-order chi connectivity index (χ0) is 8.43. The zero-order valence-corrected chi connectivity index (χ0v) is 6.51. The lowest BCUT2D eigenvalue weighted by atomic mass is 10.7. The van der Waals surface area contributed by atoms with Crippen molar-refractivity contribution in [3.05, 3.63) is 10.1 Å². The van der Waals surface area contributed by atoms with E-state index in [4.69, 9.17) is 5.73 Å². The Hall–Kier alpha value is -1.37. The van der Waals surface area contributed by atoms with Crippen molar-refractivity contribution in [1.82, 2.24) is 4.98 Å². The first-order valence-electron chi connectivity index (χ1n) is 2.73. The third kappa shape index (κ3) is 1.37. The number of hydrogen-bond acceptors (Lipinski definition) is 6. The number of hydrogen-bond donors (Lipinski definition) is 2. The fraction of sp³-hybridized carbons (Fsp3) is 0.250. The van der Waals surface area contributed by atoms with Crippen LogP contribution in [0.4, 0.5) is 16.0 Å². The van der Waals surface area contributed by atoms with Crippen molar-refractivity contribution in [3.63, 3.8) is 0 Å². The van der Waals surface area contributed by atoms with Gasteiger partial charge in [0, 0.05) is 7.05 Å². The molecule has 11 heavy (non-hydrogen) atoms. The van der Waals surface area contributed by atoms with Gasteiger partial charge < -0.3 is 11.1 Å². The summed E-state index contributed by atoms with van der Waals surface area (Å²) in [6.45, 7) is 0. The average molecular weight is 174 g/mol. The summed E-state index contributed by atoms with van der Waals surface area (Å²) in [4.78, 5) is 13.5. The predicted molar refractivity (Wildman–Crippen MR) is 42.7 cm³/mol. The van der Waals surface area contributed by atoms with E-state index in [1.165, 1.54) is 0 Å². The van der Waals surface area contributed by atoms with Gasteiger partial charge in [0.15, 0.2) is 5.13 Å². The van der Waals surface area contributed by atoms with Gasteiger partial charge in [-0.1, -0.05) is 0 Å². The molecule has 1 aromatic heterocycles. The molecule has 3 N–H and O–H groups in total. The molecule has 0 spiro atoms. The number of nitrogens with zero attached hydrogens (tertiary/aromatic N) is 2. The van der Waals surface area contributed by atoms with Crippen LogP contribution >= 0.6 is 11.3 Å². The standard InChI is InChI=1S/C4H6N4O2S/c1-6-2-3(8(9)10)11-4(5)7-2/h6H,1H3,(H2,5,7). The monoisotopic (exact) mass is 174 g/mol. The highest BCUT2D eigenvalue weighted by atomic mass is 32.1. The molecule has 0 bridgehead atoms. The molecule has 60 valence electrons. The summed E-state index contributed by atoms with van der Waals surface area (Å²) in [7, 11) is 1.56. The Morgan fingerprint density at radius 2 is 2.45 bits per heavy atom. The fourth-order valence-corrected chi connectivity index (χ4v) is 1.27. The van der Waals surface area contributed by atoms with Crippen molar-refractivity contribution in [3.8, 4) is 0 Å². The van der Waals surface area contributed by atoms with Gasteiger partial charge in [0.25, 0.3) is 0 Å². The first-order valence-corrected chi connectivity index (χ1v) is 3.55. The summed E-state index contributed by atoms with van der Waals surface area (Å²) in [6, 6.07) is 0. The number of nitrogens with one attached hydrogen (secondary N) is 1. The molecule has 0 amide bonds. The molecule has 0 saturated carbocycles. The van der Waals surface area contributed by atoms with Crippen molar-refractivity contribution in [2.75, 3.05) is 18.1 Å². The highest BCUT2D eigenvalue weighted by Gasteiger charge is 2.18. The fourth-order valence-electron chi connectivity index (χ4n) is 0.615. The summed E-state index contributed by atoms with van der Waals surface area (Å²) < 4.78 is 0. The third-order valence-corrected chi connectivity index (χ3v) is 1.86. The minimum atomic E-state index is -0.514. The molecular formula is C4H6N4O2S. The Kier molecular flexibility index (Phi) is 1.90. The van der Waals surface area contributed by atoms with Crippen LogP contribution in [0.25, 0.3) is 0 Å². The largest absolute Gasteiger partial charge is 0.375 e. The number of nitrogen functional groups attached to an aromatic ring is 1. The Morgan fingerprint density at radius 1 is 1.82 bits per heavy atom. The van der Waals surface area contributed by atoms with Crippen LogP contribution in [0, 0.1) is 10.1 Å². The Morgan fingerprint density at radius 3 is 2.82 bits per heavy atom. The maximum absolute atomic E-state index is 10.3. The van der Waals surface area contributed by atoms with Crippen LogP contribution in [0.15, 0.2) is 0 Å². The van der Waals surface area contributed by atoms with Crippen molar-refractivity contribution in [1.29, 1.82) is 0 Å². The number of rotatable bonds is 2. The minimum Gasteiger partial charge on any atom is -0.375 e. The zero-order valence-electron chi connectivity index (χ0n) is 5.70. The molecule has 1 rings (SSSR count). The molecule has 0 radical (unpaired) electrons. The Labute approximate surface area is 66.2 Å². The summed E-state index contributed by atoms with van der Waals surface area (Å²) in [5, 5.41) is 13.0. The van der Waals surface area contributed by atoms with Gasteiger partial charge in [0.05, 0.1) is 4.92 Å². The quantitative estimate of drug-likeness (QED) is 0.507. The molecule has 7 heteroatoms. The first-order chi connectivity index (χ1) is 5.15. The van der Waals surface area contributed by atoms with Gasteiger partial charge in [-0.05, 0) is 11.3 Å². The van der Waals surface area contributed by atoms with Crippen LogP contribution in [0.3, 0.4) is 0 Å². The van der Waals surface area contributed by atoms with Gasteiger partial charge >= 0.3 is 5.00 Å². The van der Waals surface area contributed by atoms with E-state index >= 15 is 0 Å². The molecule has 0 aliphatic carbocycles. The molecule has 0 aromatic carbocycles. The molecule has 1 heterocycles. The topological polar surface area (TPSA) is 94.1 Å². The molecule has 1 aromatic rings. The van der Waals surface area contributed by atoms with E-state index in [0.717, 1.165) is 11.3 Å². The van der Waals surface area contributed by atoms with Crippen molar-refractivity contribution < 1.29 is 4.92 Å². The van der Waals surface area contributed by atoms with E-state index in [0.29, 0.717) is 0 Å². The Balaban J connectivity index is 3.12. The smallest absolute Gasteiger partial charge is 0.369 e. The number of nitrogens with two attached hydrogens (primary N) is 1. The van der Waals surface area contributed by atoms with E-state index in [1.807, 2.05) is 0 Å². The second-order valence-electron chi connectivity index (χ2n) is 1.71.